The van der Waals surface area contributed by atoms with E-state index in [0.29, 0.717) is 6.42 Å². The zero-order valence-corrected chi connectivity index (χ0v) is 11.2. The van der Waals surface area contributed by atoms with Gasteiger partial charge in [-0.15, -0.1) is 0 Å². The summed E-state index contributed by atoms with van der Waals surface area (Å²) in [6, 6.07) is 6.32. The largest absolute Gasteiger partial charge is 0.478 e. The van der Waals surface area contributed by atoms with Gasteiger partial charge in [0.05, 0.1) is 4.90 Å². The summed E-state index contributed by atoms with van der Waals surface area (Å²) < 4.78 is 24.0. The van der Waals surface area contributed by atoms with Gasteiger partial charge in [-0.1, -0.05) is 31.0 Å². The van der Waals surface area contributed by atoms with Crippen LogP contribution in [0.2, 0.25) is 0 Å². The third kappa shape index (κ3) is 3.70. The van der Waals surface area contributed by atoms with E-state index in [-0.39, 0.29) is 16.9 Å². The standard InChI is InChI=1S/C13H16O4S/c1-3-4-11(13(14)15)9-18(16,17)12-7-5-10(2)6-8-12/h5-9H,3-4H2,1-2H3,(H,14,15). The molecule has 0 aromatic heterocycles. The van der Waals surface area contributed by atoms with Gasteiger partial charge in [0, 0.05) is 11.0 Å². The Balaban J connectivity index is 3.17. The van der Waals surface area contributed by atoms with E-state index in [0.717, 1.165) is 11.0 Å². The number of rotatable bonds is 5. The Bertz CT molecular complexity index is 553. The van der Waals surface area contributed by atoms with Crippen LogP contribution < -0.4 is 0 Å². The summed E-state index contributed by atoms with van der Waals surface area (Å²) in [7, 11) is -3.69. The van der Waals surface area contributed by atoms with Crippen LogP contribution in [0.1, 0.15) is 25.3 Å². The minimum atomic E-state index is -3.69. The Morgan fingerprint density at radius 2 is 1.83 bits per heavy atom. The zero-order chi connectivity index (χ0) is 13.8. The van der Waals surface area contributed by atoms with Crippen molar-refractivity contribution in [2.24, 2.45) is 0 Å². The first kappa shape index (κ1) is 14.4. The molecule has 0 saturated carbocycles. The molecule has 0 bridgehead atoms. The zero-order valence-electron chi connectivity index (χ0n) is 10.4. The number of carbonyl (C=O) groups is 1. The molecule has 98 valence electrons. The highest BCUT2D eigenvalue weighted by atomic mass is 32.2. The fourth-order valence-corrected chi connectivity index (χ4v) is 2.71. The molecule has 0 aliphatic carbocycles. The highest BCUT2D eigenvalue weighted by molar-refractivity contribution is 7.94. The lowest BCUT2D eigenvalue weighted by atomic mass is 10.2. The van der Waals surface area contributed by atoms with Gasteiger partial charge in [0.15, 0.2) is 9.84 Å². The van der Waals surface area contributed by atoms with Crippen molar-refractivity contribution in [2.45, 2.75) is 31.6 Å². The first-order valence-electron chi connectivity index (χ1n) is 5.62. The molecular formula is C13H16O4S. The molecule has 0 unspecified atom stereocenters. The Hall–Kier alpha value is -1.62. The van der Waals surface area contributed by atoms with E-state index in [9.17, 15) is 13.2 Å². The smallest absolute Gasteiger partial charge is 0.332 e. The van der Waals surface area contributed by atoms with E-state index < -0.39 is 15.8 Å². The van der Waals surface area contributed by atoms with Gasteiger partial charge < -0.3 is 5.11 Å². The number of hydrogen-bond donors (Lipinski definition) is 1. The fourth-order valence-electron chi connectivity index (χ4n) is 1.47. The van der Waals surface area contributed by atoms with E-state index in [1.54, 1.807) is 19.1 Å². The van der Waals surface area contributed by atoms with Crippen LogP contribution in [0.3, 0.4) is 0 Å². The van der Waals surface area contributed by atoms with Crippen molar-refractivity contribution in [1.82, 2.24) is 0 Å². The monoisotopic (exact) mass is 268 g/mol. The molecule has 5 heteroatoms. The predicted molar refractivity (Wildman–Crippen MR) is 69.0 cm³/mol. The molecule has 1 N–H and O–H groups in total. The van der Waals surface area contributed by atoms with Crippen LogP contribution in [0, 0.1) is 6.92 Å². The van der Waals surface area contributed by atoms with Crippen molar-refractivity contribution < 1.29 is 18.3 Å². The molecule has 18 heavy (non-hydrogen) atoms. The maximum Gasteiger partial charge on any atom is 0.332 e. The molecule has 0 aliphatic rings. The molecule has 0 aliphatic heterocycles. The highest BCUT2D eigenvalue weighted by Crippen LogP contribution is 2.17. The number of sulfone groups is 1. The molecule has 0 radical (unpaired) electrons. The topological polar surface area (TPSA) is 71.4 Å². The summed E-state index contributed by atoms with van der Waals surface area (Å²) in [6.45, 7) is 3.65. The van der Waals surface area contributed by atoms with Crippen molar-refractivity contribution in [2.75, 3.05) is 0 Å². The van der Waals surface area contributed by atoms with Crippen LogP contribution in [-0.2, 0) is 14.6 Å². The lowest BCUT2D eigenvalue weighted by Gasteiger charge is -2.03. The Labute approximate surface area is 107 Å². The third-order valence-electron chi connectivity index (χ3n) is 2.44. The lowest BCUT2D eigenvalue weighted by Crippen LogP contribution is -2.05. The summed E-state index contributed by atoms with van der Waals surface area (Å²) in [5.74, 6) is -1.19. The van der Waals surface area contributed by atoms with E-state index in [2.05, 4.69) is 0 Å². The third-order valence-corrected chi connectivity index (χ3v) is 3.97. The van der Waals surface area contributed by atoms with Gasteiger partial charge >= 0.3 is 5.97 Å². The van der Waals surface area contributed by atoms with Crippen molar-refractivity contribution in [3.8, 4) is 0 Å². The molecule has 4 nitrogen and oxygen atoms in total. The van der Waals surface area contributed by atoms with Gasteiger partial charge in [-0.2, -0.15) is 0 Å². The number of carboxylic acids is 1. The van der Waals surface area contributed by atoms with E-state index in [4.69, 9.17) is 5.11 Å². The van der Waals surface area contributed by atoms with Gasteiger partial charge in [-0.05, 0) is 25.5 Å². The van der Waals surface area contributed by atoms with Crippen molar-refractivity contribution in [3.63, 3.8) is 0 Å². The SMILES string of the molecule is CCCC(=CS(=O)(=O)c1ccc(C)cc1)C(=O)O. The van der Waals surface area contributed by atoms with Crippen molar-refractivity contribution in [3.05, 3.63) is 40.8 Å². The average Bonchev–Trinajstić information content (AvgIpc) is 2.28. The molecule has 0 heterocycles. The average molecular weight is 268 g/mol. The summed E-state index contributed by atoms with van der Waals surface area (Å²) in [4.78, 5) is 11.0. The quantitative estimate of drug-likeness (QED) is 0.833. The Morgan fingerprint density at radius 1 is 1.28 bits per heavy atom. The van der Waals surface area contributed by atoms with Crippen LogP contribution in [-0.4, -0.2) is 19.5 Å². The Morgan fingerprint density at radius 3 is 2.28 bits per heavy atom. The first-order chi connectivity index (χ1) is 8.36. The van der Waals surface area contributed by atoms with Crippen LogP contribution in [0.15, 0.2) is 40.1 Å². The summed E-state index contributed by atoms with van der Waals surface area (Å²) >= 11 is 0. The molecule has 1 rings (SSSR count). The van der Waals surface area contributed by atoms with Gasteiger partial charge in [0.25, 0.3) is 0 Å². The molecule has 1 aromatic carbocycles. The van der Waals surface area contributed by atoms with E-state index >= 15 is 0 Å². The fraction of sp³-hybridized carbons (Fsp3) is 0.308. The molecule has 0 atom stereocenters. The molecule has 0 spiro atoms. The summed E-state index contributed by atoms with van der Waals surface area (Å²) in [5.41, 5.74) is 0.864. The van der Waals surface area contributed by atoms with Crippen molar-refractivity contribution >= 4 is 15.8 Å². The van der Waals surface area contributed by atoms with Gasteiger partial charge in [0.1, 0.15) is 0 Å². The van der Waals surface area contributed by atoms with E-state index in [1.165, 1.54) is 12.1 Å². The summed E-state index contributed by atoms with van der Waals surface area (Å²) in [5, 5.41) is 9.78. The first-order valence-corrected chi connectivity index (χ1v) is 7.17. The number of carboxylic acid groups (broad SMARTS) is 1. The molecule has 0 saturated heterocycles. The second kappa shape index (κ2) is 5.82. The minimum Gasteiger partial charge on any atom is -0.478 e. The second-order valence-corrected chi connectivity index (χ2v) is 5.85. The predicted octanol–water partition coefficient (Wildman–Crippen LogP) is 2.54. The maximum absolute atomic E-state index is 12.0. The van der Waals surface area contributed by atoms with Gasteiger partial charge in [-0.3, -0.25) is 0 Å². The van der Waals surface area contributed by atoms with E-state index in [1.807, 2.05) is 6.92 Å². The van der Waals surface area contributed by atoms with Crippen molar-refractivity contribution in [1.29, 1.82) is 0 Å². The van der Waals surface area contributed by atoms with Crippen LogP contribution >= 0.6 is 0 Å². The van der Waals surface area contributed by atoms with Gasteiger partial charge in [0.2, 0.25) is 0 Å². The molecule has 0 amide bonds. The number of benzene rings is 1. The van der Waals surface area contributed by atoms with Crippen LogP contribution in [0.25, 0.3) is 0 Å². The lowest BCUT2D eigenvalue weighted by molar-refractivity contribution is -0.132. The maximum atomic E-state index is 12.0. The minimum absolute atomic E-state index is 0.0851. The normalized spacial score (nSPS) is 12.4. The van der Waals surface area contributed by atoms with Crippen LogP contribution in [0.4, 0.5) is 0 Å². The molecular weight excluding hydrogens is 252 g/mol. The highest BCUT2D eigenvalue weighted by Gasteiger charge is 2.15. The molecule has 1 aromatic rings. The molecule has 0 fully saturated rings. The van der Waals surface area contributed by atoms with Gasteiger partial charge in [-0.25, -0.2) is 13.2 Å². The number of hydrogen-bond acceptors (Lipinski definition) is 3. The number of aliphatic carboxylic acids is 1. The second-order valence-electron chi connectivity index (χ2n) is 4.06. The number of aryl methyl sites for hydroxylation is 1. The Kier molecular flexibility index (Phi) is 4.67. The summed E-state index contributed by atoms with van der Waals surface area (Å²) in [6.07, 6.45) is 0.821. The van der Waals surface area contributed by atoms with Crippen LogP contribution in [0.5, 0.6) is 0 Å².